The van der Waals surface area contributed by atoms with Gasteiger partial charge in [0, 0.05) is 32.2 Å². The standard InChI is InChI=1S/C17H26F2N2O2/c1-3-14-10-20(7-8-21(14)12-17(18)19)11-16(22)13-5-4-6-15(9-13)23-2/h4-6,9,14,16-17,22H,3,7-8,10-12H2,1-2H3. The molecule has 6 heteroatoms. The van der Waals surface area contributed by atoms with Gasteiger partial charge in [-0.05, 0) is 24.1 Å². The van der Waals surface area contributed by atoms with E-state index in [-0.39, 0.29) is 12.6 Å². The molecule has 0 saturated carbocycles. The van der Waals surface area contributed by atoms with Gasteiger partial charge in [0.1, 0.15) is 5.75 Å². The summed E-state index contributed by atoms with van der Waals surface area (Å²) in [4.78, 5) is 4.01. The summed E-state index contributed by atoms with van der Waals surface area (Å²) in [6.45, 7) is 4.39. The molecule has 2 unspecified atom stereocenters. The molecule has 1 saturated heterocycles. The molecule has 0 aliphatic carbocycles. The van der Waals surface area contributed by atoms with Crippen molar-refractivity contribution in [2.45, 2.75) is 31.9 Å². The Morgan fingerprint density at radius 1 is 1.30 bits per heavy atom. The Balaban J connectivity index is 1.92. The van der Waals surface area contributed by atoms with Crippen LogP contribution in [0.1, 0.15) is 25.0 Å². The molecule has 1 heterocycles. The SMILES string of the molecule is CCC1CN(CC(O)c2cccc(OC)c2)CCN1CC(F)F. The largest absolute Gasteiger partial charge is 0.497 e. The Labute approximate surface area is 136 Å². The number of nitrogens with zero attached hydrogens (tertiary/aromatic N) is 2. The van der Waals surface area contributed by atoms with Crippen molar-refractivity contribution in [2.24, 2.45) is 0 Å². The van der Waals surface area contributed by atoms with Crippen LogP contribution in [-0.2, 0) is 0 Å². The highest BCUT2D eigenvalue weighted by Crippen LogP contribution is 2.22. The molecule has 130 valence electrons. The lowest BCUT2D eigenvalue weighted by Gasteiger charge is -2.41. The predicted octanol–water partition coefficient (Wildman–Crippen LogP) is 2.39. The minimum Gasteiger partial charge on any atom is -0.497 e. The highest BCUT2D eigenvalue weighted by molar-refractivity contribution is 5.29. The average molecular weight is 328 g/mol. The Hall–Kier alpha value is -1.24. The van der Waals surface area contributed by atoms with Crippen LogP contribution in [0, 0.1) is 0 Å². The summed E-state index contributed by atoms with van der Waals surface area (Å²) in [5, 5.41) is 10.4. The molecule has 1 aliphatic rings. The minimum atomic E-state index is -2.29. The number of hydrogen-bond acceptors (Lipinski definition) is 4. The second-order valence-corrected chi connectivity index (χ2v) is 6.00. The molecule has 1 N–H and O–H groups in total. The van der Waals surface area contributed by atoms with E-state index in [0.717, 1.165) is 17.7 Å². The zero-order valence-electron chi connectivity index (χ0n) is 13.8. The third kappa shape index (κ3) is 5.12. The fourth-order valence-electron chi connectivity index (χ4n) is 3.13. The number of rotatable bonds is 7. The normalized spacial score (nSPS) is 21.6. The first-order chi connectivity index (χ1) is 11.0. The fourth-order valence-corrected chi connectivity index (χ4v) is 3.13. The van der Waals surface area contributed by atoms with Gasteiger partial charge in [0.05, 0.1) is 19.8 Å². The summed E-state index contributed by atoms with van der Waals surface area (Å²) in [7, 11) is 1.60. The van der Waals surface area contributed by atoms with Gasteiger partial charge in [-0.3, -0.25) is 9.80 Å². The lowest BCUT2D eigenvalue weighted by Crippen LogP contribution is -2.54. The number of benzene rings is 1. The molecule has 0 aromatic heterocycles. The van der Waals surface area contributed by atoms with Crippen LogP contribution < -0.4 is 4.74 Å². The van der Waals surface area contributed by atoms with Gasteiger partial charge in [-0.15, -0.1) is 0 Å². The van der Waals surface area contributed by atoms with E-state index in [1.807, 2.05) is 36.1 Å². The van der Waals surface area contributed by atoms with Crippen molar-refractivity contribution in [1.82, 2.24) is 9.80 Å². The van der Waals surface area contributed by atoms with E-state index in [9.17, 15) is 13.9 Å². The van der Waals surface area contributed by atoms with E-state index in [0.29, 0.717) is 26.2 Å². The van der Waals surface area contributed by atoms with Gasteiger partial charge in [-0.1, -0.05) is 19.1 Å². The summed E-state index contributed by atoms with van der Waals surface area (Å²) >= 11 is 0. The van der Waals surface area contributed by atoms with Gasteiger partial charge < -0.3 is 9.84 Å². The van der Waals surface area contributed by atoms with Crippen molar-refractivity contribution in [3.63, 3.8) is 0 Å². The summed E-state index contributed by atoms with van der Waals surface area (Å²) in [6, 6.07) is 7.52. The molecular weight excluding hydrogens is 302 g/mol. The molecule has 0 bridgehead atoms. The number of piperazine rings is 1. The zero-order chi connectivity index (χ0) is 16.8. The van der Waals surface area contributed by atoms with E-state index >= 15 is 0 Å². The maximum atomic E-state index is 12.6. The first-order valence-corrected chi connectivity index (χ1v) is 8.10. The molecule has 1 fully saturated rings. The Morgan fingerprint density at radius 2 is 2.09 bits per heavy atom. The summed E-state index contributed by atoms with van der Waals surface area (Å²) in [5.41, 5.74) is 0.812. The number of hydrogen-bond donors (Lipinski definition) is 1. The maximum absolute atomic E-state index is 12.6. The molecule has 1 aliphatic heterocycles. The van der Waals surface area contributed by atoms with Crippen LogP contribution in [0.4, 0.5) is 8.78 Å². The van der Waals surface area contributed by atoms with E-state index in [1.165, 1.54) is 0 Å². The molecule has 2 atom stereocenters. The van der Waals surface area contributed by atoms with E-state index in [2.05, 4.69) is 4.90 Å². The number of aliphatic hydroxyl groups is 1. The first-order valence-electron chi connectivity index (χ1n) is 8.10. The van der Waals surface area contributed by atoms with Gasteiger partial charge in [0.2, 0.25) is 0 Å². The van der Waals surface area contributed by atoms with Crippen molar-refractivity contribution in [3.8, 4) is 5.75 Å². The number of β-amino-alcohol motifs (C(OH)–C–C–N with tert-alkyl or cyclic N) is 1. The fraction of sp³-hybridized carbons (Fsp3) is 0.647. The second-order valence-electron chi connectivity index (χ2n) is 6.00. The van der Waals surface area contributed by atoms with Crippen LogP contribution in [0.15, 0.2) is 24.3 Å². The molecule has 4 nitrogen and oxygen atoms in total. The zero-order valence-corrected chi connectivity index (χ0v) is 13.8. The van der Waals surface area contributed by atoms with Crippen LogP contribution in [0.3, 0.4) is 0 Å². The van der Waals surface area contributed by atoms with E-state index in [4.69, 9.17) is 4.74 Å². The molecule has 1 aromatic carbocycles. The predicted molar refractivity (Wildman–Crippen MR) is 86.0 cm³/mol. The molecule has 0 amide bonds. The molecule has 0 spiro atoms. The third-order valence-corrected chi connectivity index (χ3v) is 4.44. The smallest absolute Gasteiger partial charge is 0.251 e. The highest BCUT2D eigenvalue weighted by Gasteiger charge is 2.28. The maximum Gasteiger partial charge on any atom is 0.251 e. The summed E-state index contributed by atoms with van der Waals surface area (Å²) < 4.78 is 30.4. The van der Waals surface area contributed by atoms with Gasteiger partial charge in [0.15, 0.2) is 0 Å². The van der Waals surface area contributed by atoms with Crippen LogP contribution in [-0.4, -0.2) is 67.2 Å². The van der Waals surface area contributed by atoms with E-state index in [1.54, 1.807) is 7.11 Å². The van der Waals surface area contributed by atoms with Gasteiger partial charge >= 0.3 is 0 Å². The van der Waals surface area contributed by atoms with Crippen LogP contribution >= 0.6 is 0 Å². The number of methoxy groups -OCH3 is 1. The molecule has 2 rings (SSSR count). The van der Waals surface area contributed by atoms with Crippen LogP contribution in [0.5, 0.6) is 5.75 Å². The lowest BCUT2D eigenvalue weighted by atomic mass is 10.1. The van der Waals surface area contributed by atoms with Crippen LogP contribution in [0.25, 0.3) is 0 Å². The Morgan fingerprint density at radius 3 is 2.74 bits per heavy atom. The van der Waals surface area contributed by atoms with Gasteiger partial charge in [-0.2, -0.15) is 0 Å². The summed E-state index contributed by atoms with van der Waals surface area (Å²) in [6.07, 6.45) is -2.07. The Kier molecular flexibility index (Phi) is 6.74. The van der Waals surface area contributed by atoms with Crippen LogP contribution in [0.2, 0.25) is 0 Å². The Bertz CT molecular complexity index is 487. The second kappa shape index (κ2) is 8.57. The quantitative estimate of drug-likeness (QED) is 0.834. The van der Waals surface area contributed by atoms with Crippen molar-refractivity contribution in [2.75, 3.05) is 39.8 Å². The van der Waals surface area contributed by atoms with Crippen molar-refractivity contribution in [1.29, 1.82) is 0 Å². The number of ether oxygens (including phenoxy) is 1. The number of halogens is 2. The van der Waals surface area contributed by atoms with Gasteiger partial charge in [-0.25, -0.2) is 8.78 Å². The lowest BCUT2D eigenvalue weighted by molar-refractivity contribution is 0.00484. The molecule has 23 heavy (non-hydrogen) atoms. The third-order valence-electron chi connectivity index (χ3n) is 4.44. The van der Waals surface area contributed by atoms with Crippen molar-refractivity contribution in [3.05, 3.63) is 29.8 Å². The molecular formula is C17H26F2N2O2. The highest BCUT2D eigenvalue weighted by atomic mass is 19.3. The number of alkyl halides is 2. The number of aliphatic hydroxyl groups excluding tert-OH is 1. The van der Waals surface area contributed by atoms with E-state index < -0.39 is 12.5 Å². The summed E-state index contributed by atoms with van der Waals surface area (Å²) in [5.74, 6) is 0.717. The van der Waals surface area contributed by atoms with Crippen molar-refractivity contribution >= 4 is 0 Å². The molecule has 1 aromatic rings. The van der Waals surface area contributed by atoms with Crippen molar-refractivity contribution < 1.29 is 18.6 Å². The average Bonchev–Trinajstić information content (AvgIpc) is 2.55. The first kappa shape index (κ1) is 18.1. The minimum absolute atomic E-state index is 0.121. The van der Waals surface area contributed by atoms with Gasteiger partial charge in [0.25, 0.3) is 6.43 Å². The topological polar surface area (TPSA) is 35.9 Å². The molecule has 0 radical (unpaired) electrons. The monoisotopic (exact) mass is 328 g/mol.